The first-order valence-electron chi connectivity index (χ1n) is 11.5. The molecule has 0 saturated heterocycles. The van der Waals surface area contributed by atoms with Crippen molar-refractivity contribution < 1.29 is 176 Å². The van der Waals surface area contributed by atoms with Crippen molar-refractivity contribution in [3.8, 4) is 0 Å². The number of sulfone groups is 1. The number of hydrogen-bond acceptors (Lipinski definition) is 6. The highest BCUT2D eigenvalue weighted by molar-refractivity contribution is 7.93. The number of alkyl halides is 33. The first kappa shape index (κ1) is 55.6. The number of rotatable bonds is 16. The summed E-state index contributed by atoms with van der Waals surface area (Å²) in [7, 11) is -23.9. The lowest BCUT2D eigenvalue weighted by Gasteiger charge is -2.46. The average molecular weight is 999 g/mol. The molecule has 0 aliphatic heterocycles. The van der Waals surface area contributed by atoms with Crippen molar-refractivity contribution in [2.45, 2.75) is 88.6 Å². The zero-order valence-corrected chi connectivity index (χ0v) is 25.9. The Morgan fingerprint density at radius 2 is 0.655 bits per heavy atom. The third kappa shape index (κ3) is 7.71. The van der Waals surface area contributed by atoms with E-state index >= 15 is 4.39 Å². The van der Waals surface area contributed by atoms with E-state index in [4.69, 9.17) is 0 Å². The fraction of sp³-hybridized carbons (Fsp3) is 1.00. The van der Waals surface area contributed by atoms with Gasteiger partial charge in [0.25, 0.3) is 9.84 Å². The smallest absolute Gasteiger partial charge is 0.316 e. The molecule has 0 aromatic heterocycles. The van der Waals surface area contributed by atoms with Crippen molar-refractivity contribution in [2.24, 2.45) is 0 Å². The van der Waals surface area contributed by atoms with Crippen LogP contribution in [0.4, 0.5) is 154 Å². The molecule has 58 heavy (non-hydrogen) atoms. The zero-order chi connectivity index (χ0) is 48.2. The molecule has 1 unspecified atom stereocenters. The molecule has 0 heterocycles. The van der Waals surface area contributed by atoms with Crippen molar-refractivity contribution in [3.63, 3.8) is 0 Å². The molecule has 0 aromatic rings. The van der Waals surface area contributed by atoms with Gasteiger partial charge < -0.3 is 13.3 Å². The second-order valence-electron chi connectivity index (χ2n) is 9.66. The topological polar surface area (TPSA) is 65.1 Å². The molecule has 0 amide bonds. The van der Waals surface area contributed by atoms with Crippen LogP contribution in [0.1, 0.15) is 0 Å². The van der Waals surface area contributed by atoms with E-state index in [2.05, 4.69) is 0 Å². The maximum Gasteiger partial charge on any atom is 0.594 e. The third-order valence-corrected chi connectivity index (χ3v) is 10.5. The third-order valence-electron chi connectivity index (χ3n) is 5.75. The van der Waals surface area contributed by atoms with Gasteiger partial charge in [-0.05, 0) is 0 Å². The molecule has 1 atom stereocenters. The van der Waals surface area contributed by atoms with Gasteiger partial charge in [0, 0.05) is 0 Å². The Morgan fingerprint density at radius 1 is 0.362 bits per heavy atom. The minimum atomic E-state index is -12.5. The summed E-state index contributed by atoms with van der Waals surface area (Å²) in [5.41, 5.74) is -10.1. The lowest BCUT2D eigenvalue weighted by molar-refractivity contribution is -0.444. The summed E-state index contributed by atoms with van der Waals surface area (Å²) in [6.07, 6.45) is -53.5. The van der Waals surface area contributed by atoms with Crippen molar-refractivity contribution in [1.82, 2.24) is 5.34 Å². The quantitative estimate of drug-likeness (QED) is 0.0665. The van der Waals surface area contributed by atoms with Crippen LogP contribution in [0.15, 0.2) is 0 Å². The second kappa shape index (κ2) is 14.0. The fourth-order valence-corrected chi connectivity index (χ4v) is 7.00. The Morgan fingerprint density at radius 3 is 0.897 bits per heavy atom. The molecule has 350 valence electrons. The van der Waals surface area contributed by atoms with Crippen molar-refractivity contribution >= 4 is 18.6 Å². The molecule has 6 nitrogen and oxygen atoms in total. The monoisotopic (exact) mass is 999 g/mol. The summed E-state index contributed by atoms with van der Waals surface area (Å²) < 4.78 is 497. The molecular formula is C15F35NO5SSi. The van der Waals surface area contributed by atoms with E-state index in [1.807, 2.05) is 0 Å². The summed E-state index contributed by atoms with van der Waals surface area (Å²) in [6, 6.07) is -8.89. The first-order chi connectivity index (χ1) is 24.3. The second-order valence-corrected chi connectivity index (χ2v) is 14.1. The molecule has 0 aliphatic carbocycles. The highest BCUT2D eigenvalue weighted by Crippen LogP contribution is 2.64. The number of halogens is 35. The molecule has 0 bridgehead atoms. The minimum absolute atomic E-state index is 0.899. The lowest BCUT2D eigenvalue weighted by Crippen LogP contribution is -2.80. The molecule has 0 rings (SSSR count). The van der Waals surface area contributed by atoms with Gasteiger partial charge in [-0.1, -0.05) is 8.96 Å². The maximum atomic E-state index is 15.2. The molecule has 0 fully saturated rings. The van der Waals surface area contributed by atoms with Crippen LogP contribution in [-0.4, -0.2) is 111 Å². The van der Waals surface area contributed by atoms with Crippen LogP contribution in [0.5, 0.6) is 0 Å². The highest BCUT2D eigenvalue weighted by atomic mass is 32.2. The van der Waals surface area contributed by atoms with Crippen LogP contribution in [-0.2, 0) is 23.1 Å². The molecule has 43 heteroatoms. The largest absolute Gasteiger partial charge is 0.594 e. The van der Waals surface area contributed by atoms with Crippen molar-refractivity contribution in [1.29, 1.82) is 0 Å². The van der Waals surface area contributed by atoms with Gasteiger partial charge in [-0.25, -0.2) is 8.42 Å². The molecule has 0 aromatic carbocycles. The predicted octanol–water partition coefficient (Wildman–Crippen LogP) is 10.1. The predicted molar refractivity (Wildman–Crippen MR) is 99.5 cm³/mol. The van der Waals surface area contributed by atoms with Gasteiger partial charge in [-0.2, -0.15) is 145 Å². The molecule has 0 radical (unpaired) electrons. The van der Waals surface area contributed by atoms with E-state index in [-0.39, 0.29) is 0 Å². The van der Waals surface area contributed by atoms with Crippen LogP contribution < -0.4 is 0 Å². The first-order valence-corrected chi connectivity index (χ1v) is 14.7. The van der Waals surface area contributed by atoms with Gasteiger partial charge in [0.05, 0.1) is 5.34 Å². The van der Waals surface area contributed by atoms with Crippen LogP contribution in [0.3, 0.4) is 0 Å². The Kier molecular flexibility index (Phi) is 13.5. The minimum Gasteiger partial charge on any atom is -0.316 e. The van der Waals surface area contributed by atoms with E-state index in [0.717, 1.165) is 13.3 Å². The zero-order valence-electron chi connectivity index (χ0n) is 24.1. The van der Waals surface area contributed by atoms with Crippen LogP contribution >= 0.6 is 0 Å². The highest BCUT2D eigenvalue weighted by Gasteiger charge is 2.97. The number of hydrogen-bond donors (Lipinski definition) is 0. The lowest BCUT2D eigenvalue weighted by atomic mass is 9.98. The van der Waals surface area contributed by atoms with Crippen LogP contribution in [0.25, 0.3) is 0 Å². The summed E-state index contributed by atoms with van der Waals surface area (Å²) in [4.78, 5) is 0. The van der Waals surface area contributed by atoms with Gasteiger partial charge in [-0.3, -0.25) is 0 Å². The van der Waals surface area contributed by atoms with E-state index in [0.29, 0.717) is 0 Å². The summed E-state index contributed by atoms with van der Waals surface area (Å²) >= 11 is 0. The molecular weight excluding hydrogens is 999 g/mol. The van der Waals surface area contributed by atoms with Crippen molar-refractivity contribution in [2.75, 3.05) is 0 Å². The Balaban J connectivity index is 9.23. The summed E-state index contributed by atoms with van der Waals surface area (Å²) in [5.74, 6) is -48.3. The van der Waals surface area contributed by atoms with Gasteiger partial charge in [0.1, 0.15) is 0 Å². The normalized spacial score (nSPS) is 17.9. The Hall–Kier alpha value is -2.44. The van der Waals surface area contributed by atoms with Gasteiger partial charge in [-0.15, -0.1) is 0 Å². The van der Waals surface area contributed by atoms with Crippen LogP contribution in [0, 0.1) is 0 Å². The molecule has 0 N–H and O–H groups in total. The van der Waals surface area contributed by atoms with E-state index in [9.17, 15) is 158 Å². The average Bonchev–Trinajstić information content (AvgIpc) is 2.93. The Bertz CT molecular complexity index is 1560. The van der Waals surface area contributed by atoms with E-state index < -0.39 is 113 Å². The summed E-state index contributed by atoms with van der Waals surface area (Å²) in [6.45, 7) is 0. The Labute approximate surface area is 289 Å². The molecule has 0 spiro atoms. The van der Waals surface area contributed by atoms with E-state index in [1.165, 1.54) is 0 Å². The van der Waals surface area contributed by atoms with Gasteiger partial charge in [0.15, 0.2) is 0 Å². The molecule has 0 saturated carbocycles. The van der Waals surface area contributed by atoms with Crippen molar-refractivity contribution in [3.05, 3.63) is 0 Å². The summed E-state index contributed by atoms with van der Waals surface area (Å²) in [5, 5.41) is -25.3. The van der Waals surface area contributed by atoms with E-state index in [1.54, 1.807) is 0 Å². The van der Waals surface area contributed by atoms with Crippen LogP contribution in [0.2, 0.25) is 0 Å². The number of nitrogens with zero attached hydrogens (tertiary/aromatic N) is 1. The maximum absolute atomic E-state index is 15.2. The molecule has 0 aliphatic rings. The standard InChI is InChI=1S/C15F35NO5SSi/c16-1(17,3(20,21)6(26,27)28)2(18,19)4(22,23)13(44,45)57(52,53)15(48,9(35,36)37)56-58(54-11(40,41)7(29,30)31,55-12(42,43)8(32,33)34)14(46,47)5(24,25)10(38,39)51(49)50. The van der Waals surface area contributed by atoms with Gasteiger partial charge in [0.2, 0.25) is 0 Å². The van der Waals surface area contributed by atoms with Gasteiger partial charge >= 0.3 is 97.4 Å². The fourth-order valence-electron chi connectivity index (χ4n) is 2.72. The SMILES string of the molecule is O=S(=O)(C(F)(F)C(F)(F)C(F)(F)C(F)(F)C(F)(F)C(F)(F)F)C(F)(O[Si](OC(F)(F)C(F)(F)F)(OC(F)(F)C(F)(F)F)C(F)(F)C(F)(F)C(F)(F)N(F)F)C(F)(F)F.